The largest absolute Gasteiger partial charge is 0.508 e. The molecular weight excluding hydrogens is 310 g/mol. The molecule has 1 aromatic carbocycles. The van der Waals surface area contributed by atoms with Gasteiger partial charge in [0, 0.05) is 25.8 Å². The van der Waals surface area contributed by atoms with Crippen LogP contribution in [0.1, 0.15) is 12.0 Å². The Bertz CT molecular complexity index is 1080. The summed E-state index contributed by atoms with van der Waals surface area (Å²) in [7, 11) is 1.59. The van der Waals surface area contributed by atoms with E-state index in [1.54, 1.807) is 13.1 Å². The molecule has 8 heteroatoms. The second kappa shape index (κ2) is 4.98. The number of aryl methyl sites for hydroxylation is 3. The van der Waals surface area contributed by atoms with Gasteiger partial charge in [0.2, 0.25) is 5.95 Å². The van der Waals surface area contributed by atoms with Crippen LogP contribution < -0.4 is 16.1 Å². The standard InChI is InChI=1S/C16H17N5O3/c1-9-8-10(4-5-11(9)22)20-6-3-7-21-12-13(17-15(20)21)19(2)16(24)18-14(12)23/h4-5,8,22H,3,6-7H2,1-2H3,(H,18,23,24). The van der Waals surface area contributed by atoms with Gasteiger partial charge in [-0.3, -0.25) is 14.3 Å². The average molecular weight is 327 g/mol. The fourth-order valence-corrected chi connectivity index (χ4v) is 3.18. The maximum Gasteiger partial charge on any atom is 0.329 e. The molecule has 1 aliphatic rings. The Labute approximate surface area is 136 Å². The van der Waals surface area contributed by atoms with Gasteiger partial charge in [0.15, 0.2) is 11.2 Å². The highest BCUT2D eigenvalue weighted by Gasteiger charge is 2.25. The first-order valence-corrected chi connectivity index (χ1v) is 7.74. The number of benzene rings is 1. The molecule has 1 aliphatic heterocycles. The van der Waals surface area contributed by atoms with Gasteiger partial charge in [-0.05, 0) is 37.1 Å². The lowest BCUT2D eigenvalue weighted by atomic mass is 10.1. The lowest BCUT2D eigenvalue weighted by Crippen LogP contribution is -2.31. The van der Waals surface area contributed by atoms with E-state index >= 15 is 0 Å². The van der Waals surface area contributed by atoms with Crippen LogP contribution in [-0.2, 0) is 13.6 Å². The molecule has 0 saturated heterocycles. The number of aromatic nitrogens is 4. The van der Waals surface area contributed by atoms with Gasteiger partial charge in [0.05, 0.1) is 0 Å². The summed E-state index contributed by atoms with van der Waals surface area (Å²) in [5.74, 6) is 0.871. The summed E-state index contributed by atoms with van der Waals surface area (Å²) in [6.45, 7) is 3.25. The SMILES string of the molecule is Cc1cc(N2CCCn3c2nc2c3c(=O)[nH]c(=O)n2C)ccc1O. The quantitative estimate of drug-likeness (QED) is 0.694. The zero-order chi connectivity index (χ0) is 17.0. The van der Waals surface area contributed by atoms with E-state index in [9.17, 15) is 14.7 Å². The van der Waals surface area contributed by atoms with Crippen molar-refractivity contribution >= 4 is 22.8 Å². The molecule has 124 valence electrons. The van der Waals surface area contributed by atoms with E-state index in [-0.39, 0.29) is 5.75 Å². The summed E-state index contributed by atoms with van der Waals surface area (Å²) in [5, 5.41) is 9.73. The molecule has 0 atom stereocenters. The Hall–Kier alpha value is -3.03. The molecule has 24 heavy (non-hydrogen) atoms. The molecule has 0 radical (unpaired) electrons. The zero-order valence-electron chi connectivity index (χ0n) is 13.4. The van der Waals surface area contributed by atoms with Crippen LogP contribution in [0.4, 0.5) is 11.6 Å². The van der Waals surface area contributed by atoms with E-state index < -0.39 is 11.2 Å². The van der Waals surface area contributed by atoms with Crippen LogP contribution in [0.25, 0.3) is 11.2 Å². The molecule has 3 heterocycles. The number of hydrogen-bond acceptors (Lipinski definition) is 5. The second-order valence-electron chi connectivity index (χ2n) is 6.03. The maximum absolute atomic E-state index is 12.2. The third-order valence-electron chi connectivity index (χ3n) is 4.48. The van der Waals surface area contributed by atoms with Gasteiger partial charge < -0.3 is 14.6 Å². The summed E-state index contributed by atoms with van der Waals surface area (Å²) >= 11 is 0. The minimum atomic E-state index is -0.477. The van der Waals surface area contributed by atoms with E-state index in [0.717, 1.165) is 24.2 Å². The van der Waals surface area contributed by atoms with Crippen molar-refractivity contribution in [3.8, 4) is 5.75 Å². The van der Waals surface area contributed by atoms with Crippen LogP contribution in [-0.4, -0.2) is 30.8 Å². The van der Waals surface area contributed by atoms with E-state index in [2.05, 4.69) is 9.97 Å². The summed E-state index contributed by atoms with van der Waals surface area (Å²) in [5.41, 5.74) is 1.55. The molecule has 8 nitrogen and oxygen atoms in total. The first kappa shape index (κ1) is 14.6. The highest BCUT2D eigenvalue weighted by molar-refractivity contribution is 5.77. The van der Waals surface area contributed by atoms with E-state index in [1.165, 1.54) is 4.57 Å². The molecule has 3 aromatic rings. The zero-order valence-corrected chi connectivity index (χ0v) is 13.4. The lowest BCUT2D eigenvalue weighted by Gasteiger charge is -2.29. The molecule has 0 bridgehead atoms. The van der Waals surface area contributed by atoms with Crippen LogP contribution in [0.2, 0.25) is 0 Å². The first-order valence-electron chi connectivity index (χ1n) is 7.74. The van der Waals surface area contributed by atoms with Crippen LogP contribution in [0.3, 0.4) is 0 Å². The Kier molecular flexibility index (Phi) is 3.02. The van der Waals surface area contributed by atoms with Crippen molar-refractivity contribution in [2.24, 2.45) is 7.05 Å². The number of aromatic amines is 1. The third kappa shape index (κ3) is 1.96. The summed E-state index contributed by atoms with van der Waals surface area (Å²) < 4.78 is 3.20. The van der Waals surface area contributed by atoms with Gasteiger partial charge >= 0.3 is 5.69 Å². The van der Waals surface area contributed by atoms with Crippen molar-refractivity contribution in [1.29, 1.82) is 0 Å². The number of phenolic OH excluding ortho intramolecular Hbond substituents is 1. The molecule has 0 aliphatic carbocycles. The number of nitrogens with zero attached hydrogens (tertiary/aromatic N) is 4. The van der Waals surface area contributed by atoms with Gasteiger partial charge in [-0.1, -0.05) is 0 Å². The summed E-state index contributed by atoms with van der Waals surface area (Å²) in [6, 6.07) is 5.35. The molecular formula is C16H17N5O3. The average Bonchev–Trinajstić information content (AvgIpc) is 2.95. The number of H-pyrrole nitrogens is 1. The predicted octanol–water partition coefficient (Wildman–Crippen LogP) is 0.979. The smallest absolute Gasteiger partial charge is 0.329 e. The predicted molar refractivity (Wildman–Crippen MR) is 90.1 cm³/mol. The maximum atomic E-state index is 12.2. The molecule has 0 fully saturated rings. The number of hydrogen-bond donors (Lipinski definition) is 2. The number of nitrogens with one attached hydrogen (secondary N) is 1. The Morgan fingerprint density at radius 3 is 2.79 bits per heavy atom. The van der Waals surface area contributed by atoms with Crippen molar-refractivity contribution in [3.63, 3.8) is 0 Å². The van der Waals surface area contributed by atoms with Crippen LogP contribution in [0.5, 0.6) is 5.75 Å². The molecule has 4 rings (SSSR count). The third-order valence-corrected chi connectivity index (χ3v) is 4.48. The van der Waals surface area contributed by atoms with Gasteiger partial charge in [-0.15, -0.1) is 0 Å². The van der Waals surface area contributed by atoms with E-state index in [4.69, 9.17) is 0 Å². The number of anilines is 2. The van der Waals surface area contributed by atoms with Gasteiger partial charge in [-0.25, -0.2) is 4.79 Å². The number of phenols is 1. The van der Waals surface area contributed by atoms with Gasteiger partial charge in [-0.2, -0.15) is 4.98 Å². The molecule has 2 N–H and O–H groups in total. The van der Waals surface area contributed by atoms with Crippen LogP contribution in [0.15, 0.2) is 27.8 Å². The highest BCUT2D eigenvalue weighted by atomic mass is 16.3. The minimum Gasteiger partial charge on any atom is -0.508 e. The van der Waals surface area contributed by atoms with Crippen molar-refractivity contribution in [1.82, 2.24) is 19.1 Å². The number of imidazole rings is 1. The highest BCUT2D eigenvalue weighted by Crippen LogP contribution is 2.32. The Morgan fingerprint density at radius 2 is 2.04 bits per heavy atom. The molecule has 0 amide bonds. The Morgan fingerprint density at radius 1 is 1.25 bits per heavy atom. The van der Waals surface area contributed by atoms with Crippen LogP contribution in [0, 0.1) is 6.92 Å². The molecule has 0 saturated carbocycles. The Balaban J connectivity index is 1.98. The minimum absolute atomic E-state index is 0.239. The van der Waals surface area contributed by atoms with Gasteiger partial charge in [0.1, 0.15) is 5.75 Å². The monoisotopic (exact) mass is 327 g/mol. The van der Waals surface area contributed by atoms with Crippen LogP contribution >= 0.6 is 0 Å². The fraction of sp³-hybridized carbons (Fsp3) is 0.312. The second-order valence-corrected chi connectivity index (χ2v) is 6.03. The van der Waals surface area contributed by atoms with Crippen molar-refractivity contribution in [2.45, 2.75) is 19.9 Å². The van der Waals surface area contributed by atoms with Gasteiger partial charge in [0.25, 0.3) is 5.56 Å². The number of rotatable bonds is 1. The summed E-state index contributed by atoms with van der Waals surface area (Å²) in [6.07, 6.45) is 0.848. The van der Waals surface area contributed by atoms with Crippen molar-refractivity contribution in [3.05, 3.63) is 44.6 Å². The topological polar surface area (TPSA) is 96.2 Å². The normalized spacial score (nSPS) is 14.2. The molecule has 0 unspecified atom stereocenters. The lowest BCUT2D eigenvalue weighted by molar-refractivity contribution is 0.471. The molecule has 0 spiro atoms. The van der Waals surface area contributed by atoms with Crippen molar-refractivity contribution in [2.75, 3.05) is 11.4 Å². The number of fused-ring (bicyclic) bond motifs is 3. The fourth-order valence-electron chi connectivity index (χ4n) is 3.18. The van der Waals surface area contributed by atoms with E-state index in [1.807, 2.05) is 28.5 Å². The molecule has 2 aromatic heterocycles. The summed E-state index contributed by atoms with van der Waals surface area (Å²) in [4.78, 5) is 32.9. The van der Waals surface area contributed by atoms with E-state index in [0.29, 0.717) is 23.7 Å². The van der Waals surface area contributed by atoms with Crippen molar-refractivity contribution < 1.29 is 5.11 Å². The number of aromatic hydroxyl groups is 1. The first-order chi connectivity index (χ1) is 11.5.